The number of carbonyl (C=O) groups excluding carboxylic acids is 1. The number of halogens is 3. The summed E-state index contributed by atoms with van der Waals surface area (Å²) >= 11 is 0. The molecule has 1 heterocycles. The predicted molar refractivity (Wildman–Crippen MR) is 85.2 cm³/mol. The minimum atomic E-state index is -4.71. The third kappa shape index (κ3) is 5.28. The lowest BCUT2D eigenvalue weighted by molar-refractivity contribution is -0.159. The van der Waals surface area contributed by atoms with E-state index in [0.717, 1.165) is 0 Å². The third-order valence-corrected chi connectivity index (χ3v) is 3.01. The van der Waals surface area contributed by atoms with Gasteiger partial charge in [0.1, 0.15) is 6.61 Å². The smallest absolute Gasteiger partial charge is 0.394 e. The highest BCUT2D eigenvalue weighted by atomic mass is 19.4. The molecule has 0 saturated carbocycles. The highest BCUT2D eigenvalue weighted by Crippen LogP contribution is 2.29. The Morgan fingerprint density at radius 3 is 2.62 bits per heavy atom. The first-order valence-corrected chi connectivity index (χ1v) is 7.46. The van der Waals surface area contributed by atoms with Gasteiger partial charge in [0.15, 0.2) is 0 Å². The van der Waals surface area contributed by atoms with Crippen LogP contribution in [-0.4, -0.2) is 41.5 Å². The lowest BCUT2D eigenvalue weighted by Gasteiger charge is -2.05. The maximum Gasteiger partial charge on any atom is 0.471 e. The molecule has 0 unspecified atom stereocenters. The van der Waals surface area contributed by atoms with Crippen molar-refractivity contribution in [3.63, 3.8) is 0 Å². The lowest BCUT2D eigenvalue weighted by Crippen LogP contribution is -2.28. The first-order chi connectivity index (χ1) is 12.3. The van der Waals surface area contributed by atoms with Crippen LogP contribution in [0.2, 0.25) is 0 Å². The quantitative estimate of drug-likeness (QED) is 0.436. The van der Waals surface area contributed by atoms with Gasteiger partial charge in [0.05, 0.1) is 12.3 Å². The Bertz CT molecular complexity index is 772. The number of amides is 1. The number of rotatable bonds is 7. The van der Waals surface area contributed by atoms with E-state index in [0.29, 0.717) is 17.8 Å². The molecule has 0 spiro atoms. The number of nitrogens with one attached hydrogen (secondary N) is 1. The number of nitrogens with zero attached hydrogens (tertiary/aromatic N) is 3. The third-order valence-electron chi connectivity index (χ3n) is 3.01. The van der Waals surface area contributed by atoms with Gasteiger partial charge in [-0.25, -0.2) is 0 Å². The highest BCUT2D eigenvalue weighted by Gasteiger charge is 2.38. The first-order valence-electron chi connectivity index (χ1n) is 7.46. The molecule has 1 aromatic heterocycles. The van der Waals surface area contributed by atoms with Crippen molar-refractivity contribution in [3.8, 4) is 11.4 Å². The van der Waals surface area contributed by atoms with Gasteiger partial charge in [-0.15, -0.1) is 0 Å². The zero-order valence-electron chi connectivity index (χ0n) is 13.7. The molecular formula is C15H16F3N5O3. The summed E-state index contributed by atoms with van der Waals surface area (Å²) in [7, 11) is 0. The van der Waals surface area contributed by atoms with E-state index in [-0.39, 0.29) is 30.4 Å². The molecular weight excluding hydrogens is 355 g/mol. The van der Waals surface area contributed by atoms with Gasteiger partial charge in [-0.3, -0.25) is 4.79 Å². The zero-order chi connectivity index (χ0) is 19.2. The molecule has 1 amide bonds. The maximum atomic E-state index is 12.5. The van der Waals surface area contributed by atoms with Crippen molar-refractivity contribution >= 4 is 11.6 Å². The average molecular weight is 371 g/mol. The highest BCUT2D eigenvalue weighted by molar-refractivity contribution is 5.97. The fourth-order valence-corrected chi connectivity index (χ4v) is 1.78. The SMILES string of the molecule is C/C(CNC(=O)c1ccc(-c2noc(C(F)(F)F)n2)cc1)=N\OCCN. The number of nitrogens with two attached hydrogens (primary N) is 1. The van der Waals surface area contributed by atoms with Gasteiger partial charge in [-0.1, -0.05) is 22.4 Å². The summed E-state index contributed by atoms with van der Waals surface area (Å²) in [5.74, 6) is -2.03. The second-order valence-corrected chi connectivity index (χ2v) is 5.13. The van der Waals surface area contributed by atoms with E-state index < -0.39 is 12.1 Å². The molecule has 8 nitrogen and oxygen atoms in total. The molecule has 0 aliphatic heterocycles. The van der Waals surface area contributed by atoms with Crippen molar-refractivity contribution in [2.45, 2.75) is 13.1 Å². The van der Waals surface area contributed by atoms with E-state index in [9.17, 15) is 18.0 Å². The van der Waals surface area contributed by atoms with Gasteiger partial charge >= 0.3 is 12.1 Å². The molecule has 140 valence electrons. The van der Waals surface area contributed by atoms with Crippen LogP contribution in [0.3, 0.4) is 0 Å². The van der Waals surface area contributed by atoms with Crippen LogP contribution >= 0.6 is 0 Å². The number of alkyl halides is 3. The standard InChI is InChI=1S/C15H16F3N5O3/c1-9(22-25-7-6-19)8-20-13(24)11-4-2-10(3-5-11)12-21-14(26-23-12)15(16,17)18/h2-5H,6-8,19H2,1H3,(H,20,24)/b22-9+. The molecule has 0 bridgehead atoms. The largest absolute Gasteiger partial charge is 0.471 e. The van der Waals surface area contributed by atoms with Crippen LogP contribution in [-0.2, 0) is 11.0 Å². The summed E-state index contributed by atoms with van der Waals surface area (Å²) in [6.07, 6.45) is -4.71. The number of benzene rings is 1. The van der Waals surface area contributed by atoms with Crippen LogP contribution in [0.15, 0.2) is 33.9 Å². The van der Waals surface area contributed by atoms with Gasteiger partial charge in [0.25, 0.3) is 5.91 Å². The summed E-state index contributed by atoms with van der Waals surface area (Å²) in [5.41, 5.74) is 6.40. The Balaban J connectivity index is 1.97. The molecule has 2 aromatic rings. The minimum Gasteiger partial charge on any atom is -0.394 e. The van der Waals surface area contributed by atoms with Crippen LogP contribution in [0, 0.1) is 0 Å². The van der Waals surface area contributed by atoms with Crippen LogP contribution in [0.5, 0.6) is 0 Å². The Morgan fingerprint density at radius 1 is 1.35 bits per heavy atom. The van der Waals surface area contributed by atoms with Crippen LogP contribution in [0.1, 0.15) is 23.2 Å². The molecule has 0 saturated heterocycles. The Morgan fingerprint density at radius 2 is 2.04 bits per heavy atom. The molecule has 2 rings (SSSR count). The Labute approximate surface area is 146 Å². The van der Waals surface area contributed by atoms with E-state index in [1.165, 1.54) is 24.3 Å². The van der Waals surface area contributed by atoms with Crippen molar-refractivity contribution in [1.82, 2.24) is 15.5 Å². The van der Waals surface area contributed by atoms with E-state index in [2.05, 4.69) is 25.1 Å². The molecule has 3 N–H and O–H groups in total. The van der Waals surface area contributed by atoms with Crippen LogP contribution < -0.4 is 11.1 Å². The monoisotopic (exact) mass is 371 g/mol. The van der Waals surface area contributed by atoms with Crippen molar-refractivity contribution in [1.29, 1.82) is 0 Å². The number of carbonyl (C=O) groups is 1. The molecule has 0 radical (unpaired) electrons. The van der Waals surface area contributed by atoms with E-state index in [4.69, 9.17) is 10.6 Å². The minimum absolute atomic E-state index is 0.172. The number of oxime groups is 1. The van der Waals surface area contributed by atoms with E-state index >= 15 is 0 Å². The van der Waals surface area contributed by atoms with Gasteiger partial charge in [-0.2, -0.15) is 18.2 Å². The summed E-state index contributed by atoms with van der Waals surface area (Å²) in [4.78, 5) is 20.2. The maximum absolute atomic E-state index is 12.5. The van der Waals surface area contributed by atoms with Crippen LogP contribution in [0.4, 0.5) is 13.2 Å². The molecule has 1 aromatic carbocycles. The number of hydrogen-bond donors (Lipinski definition) is 2. The van der Waals surface area contributed by atoms with Gasteiger partial charge in [0, 0.05) is 17.7 Å². The predicted octanol–water partition coefficient (Wildman–Crippen LogP) is 1.84. The fraction of sp³-hybridized carbons (Fsp3) is 0.333. The number of aromatic nitrogens is 2. The van der Waals surface area contributed by atoms with Gasteiger partial charge in [-0.05, 0) is 19.1 Å². The second-order valence-electron chi connectivity index (χ2n) is 5.13. The van der Waals surface area contributed by atoms with Crippen molar-refractivity contribution in [2.24, 2.45) is 10.9 Å². The topological polar surface area (TPSA) is 116 Å². The molecule has 0 atom stereocenters. The van der Waals surface area contributed by atoms with Crippen molar-refractivity contribution < 1.29 is 27.3 Å². The van der Waals surface area contributed by atoms with E-state index in [1.807, 2.05) is 0 Å². The summed E-state index contributed by atoms with van der Waals surface area (Å²) in [6, 6.07) is 5.72. The number of hydrogen-bond acceptors (Lipinski definition) is 7. The van der Waals surface area contributed by atoms with Gasteiger partial charge in [0.2, 0.25) is 5.82 Å². The molecule has 0 aliphatic rings. The van der Waals surface area contributed by atoms with Crippen LogP contribution in [0.25, 0.3) is 11.4 Å². The summed E-state index contributed by atoms with van der Waals surface area (Å²) < 4.78 is 41.6. The van der Waals surface area contributed by atoms with Gasteiger partial charge < -0.3 is 20.4 Å². The van der Waals surface area contributed by atoms with Crippen molar-refractivity contribution in [3.05, 3.63) is 35.7 Å². The first kappa shape index (κ1) is 19.4. The van der Waals surface area contributed by atoms with Crippen molar-refractivity contribution in [2.75, 3.05) is 19.7 Å². The summed E-state index contributed by atoms with van der Waals surface area (Å²) in [6.45, 7) is 2.46. The Hall–Kier alpha value is -2.95. The zero-order valence-corrected chi connectivity index (χ0v) is 13.7. The molecule has 11 heteroatoms. The fourth-order valence-electron chi connectivity index (χ4n) is 1.78. The Kier molecular flexibility index (Phi) is 6.28. The lowest BCUT2D eigenvalue weighted by atomic mass is 10.1. The van der Waals surface area contributed by atoms with E-state index in [1.54, 1.807) is 6.92 Å². The normalized spacial score (nSPS) is 12.1. The second kappa shape index (κ2) is 8.43. The molecule has 0 fully saturated rings. The molecule has 26 heavy (non-hydrogen) atoms. The summed E-state index contributed by atoms with van der Waals surface area (Å²) in [5, 5.41) is 9.67. The molecule has 0 aliphatic carbocycles. The average Bonchev–Trinajstić information content (AvgIpc) is 3.10.